The van der Waals surface area contributed by atoms with Crippen LogP contribution in [0.15, 0.2) is 24.3 Å². The third-order valence-corrected chi connectivity index (χ3v) is 3.16. The fraction of sp³-hybridized carbons (Fsp3) is 0.533. The van der Waals surface area contributed by atoms with E-state index in [0.717, 1.165) is 25.0 Å². The van der Waals surface area contributed by atoms with Crippen LogP contribution in [0.1, 0.15) is 38.2 Å². The standard InChI is InChI=1S/C15H20O2/c1-2-3-4-12-5-9-14(10-6-12)17-11-15(16)13-7-8-13/h5-6,9-10,13H,2-4,7-8,11H2,1H3. The van der Waals surface area contributed by atoms with E-state index in [-0.39, 0.29) is 12.4 Å². The lowest BCUT2D eigenvalue weighted by atomic mass is 10.1. The van der Waals surface area contributed by atoms with E-state index in [1.807, 2.05) is 12.1 Å². The smallest absolute Gasteiger partial charge is 0.173 e. The van der Waals surface area contributed by atoms with E-state index in [4.69, 9.17) is 4.74 Å². The van der Waals surface area contributed by atoms with Crippen LogP contribution in [0, 0.1) is 5.92 Å². The summed E-state index contributed by atoms with van der Waals surface area (Å²) in [7, 11) is 0. The van der Waals surface area contributed by atoms with Gasteiger partial charge >= 0.3 is 0 Å². The van der Waals surface area contributed by atoms with Gasteiger partial charge in [-0.2, -0.15) is 0 Å². The molecule has 0 aliphatic heterocycles. The predicted octanol–water partition coefficient (Wildman–Crippen LogP) is 3.39. The van der Waals surface area contributed by atoms with Gasteiger partial charge in [-0.3, -0.25) is 4.79 Å². The van der Waals surface area contributed by atoms with Crippen LogP contribution in [0.3, 0.4) is 0 Å². The van der Waals surface area contributed by atoms with Gasteiger partial charge in [-0.15, -0.1) is 0 Å². The molecule has 92 valence electrons. The number of ketones is 1. The average Bonchev–Trinajstić information content (AvgIpc) is 3.19. The number of ether oxygens (including phenoxy) is 1. The Morgan fingerprint density at radius 3 is 2.59 bits per heavy atom. The molecule has 0 atom stereocenters. The molecular weight excluding hydrogens is 212 g/mol. The number of carbonyl (C=O) groups excluding carboxylic acids is 1. The number of rotatable bonds is 7. The van der Waals surface area contributed by atoms with Crippen LogP contribution in [-0.4, -0.2) is 12.4 Å². The molecule has 1 fully saturated rings. The number of carbonyl (C=O) groups is 1. The van der Waals surface area contributed by atoms with E-state index in [2.05, 4.69) is 19.1 Å². The summed E-state index contributed by atoms with van der Waals surface area (Å²) >= 11 is 0. The minimum absolute atomic E-state index is 0.235. The Bertz CT molecular complexity index is 363. The molecule has 1 saturated carbocycles. The van der Waals surface area contributed by atoms with Gasteiger partial charge in [-0.25, -0.2) is 0 Å². The third kappa shape index (κ3) is 3.88. The van der Waals surface area contributed by atoms with Crippen molar-refractivity contribution in [3.05, 3.63) is 29.8 Å². The zero-order valence-corrected chi connectivity index (χ0v) is 10.4. The van der Waals surface area contributed by atoms with Gasteiger partial charge in [0.25, 0.3) is 0 Å². The van der Waals surface area contributed by atoms with Crippen molar-refractivity contribution in [1.29, 1.82) is 0 Å². The van der Waals surface area contributed by atoms with E-state index in [1.54, 1.807) is 0 Å². The highest BCUT2D eigenvalue weighted by Gasteiger charge is 2.29. The highest BCUT2D eigenvalue weighted by Crippen LogP contribution is 2.29. The highest BCUT2D eigenvalue weighted by atomic mass is 16.5. The number of unbranched alkanes of at least 4 members (excludes halogenated alkanes) is 1. The lowest BCUT2D eigenvalue weighted by molar-refractivity contribution is -0.122. The molecule has 1 aromatic rings. The Labute approximate surface area is 103 Å². The van der Waals surface area contributed by atoms with Crippen molar-refractivity contribution in [1.82, 2.24) is 0 Å². The number of Topliss-reactive ketones (excluding diaryl/α,β-unsaturated/α-hetero) is 1. The number of benzene rings is 1. The second-order valence-corrected chi connectivity index (χ2v) is 4.78. The second-order valence-electron chi connectivity index (χ2n) is 4.78. The first kappa shape index (κ1) is 12.2. The molecule has 0 bridgehead atoms. The van der Waals surface area contributed by atoms with Gasteiger partial charge < -0.3 is 4.74 Å². The average molecular weight is 232 g/mol. The lowest BCUT2D eigenvalue weighted by Gasteiger charge is -2.06. The predicted molar refractivity (Wildman–Crippen MR) is 68.3 cm³/mol. The van der Waals surface area contributed by atoms with E-state index in [9.17, 15) is 4.79 Å². The Morgan fingerprint density at radius 1 is 1.29 bits per heavy atom. The zero-order chi connectivity index (χ0) is 12.1. The summed E-state index contributed by atoms with van der Waals surface area (Å²) in [5, 5.41) is 0. The minimum Gasteiger partial charge on any atom is -0.486 e. The quantitative estimate of drug-likeness (QED) is 0.720. The first-order valence-corrected chi connectivity index (χ1v) is 6.54. The molecule has 2 rings (SSSR count). The number of hydrogen-bond donors (Lipinski definition) is 0. The van der Waals surface area contributed by atoms with Crippen LogP contribution in [-0.2, 0) is 11.2 Å². The molecule has 0 heterocycles. The lowest BCUT2D eigenvalue weighted by Crippen LogP contribution is -2.12. The summed E-state index contributed by atoms with van der Waals surface area (Å²) < 4.78 is 5.48. The molecule has 2 nitrogen and oxygen atoms in total. The number of aryl methyl sites for hydroxylation is 1. The molecule has 17 heavy (non-hydrogen) atoms. The van der Waals surface area contributed by atoms with Crippen LogP contribution in [0.25, 0.3) is 0 Å². The number of hydrogen-bond acceptors (Lipinski definition) is 2. The maximum absolute atomic E-state index is 11.5. The SMILES string of the molecule is CCCCc1ccc(OCC(=O)C2CC2)cc1. The summed E-state index contributed by atoms with van der Waals surface area (Å²) in [6, 6.07) is 8.11. The summed E-state index contributed by atoms with van der Waals surface area (Å²) in [6.45, 7) is 2.43. The topological polar surface area (TPSA) is 26.3 Å². The molecule has 0 radical (unpaired) electrons. The Hall–Kier alpha value is -1.31. The fourth-order valence-electron chi connectivity index (χ4n) is 1.81. The molecule has 1 aromatic carbocycles. The third-order valence-electron chi connectivity index (χ3n) is 3.16. The molecule has 0 N–H and O–H groups in total. The van der Waals surface area contributed by atoms with Crippen molar-refractivity contribution >= 4 is 5.78 Å². The van der Waals surface area contributed by atoms with Gasteiger partial charge in [0.15, 0.2) is 5.78 Å². The molecule has 1 aliphatic carbocycles. The minimum atomic E-state index is 0.235. The van der Waals surface area contributed by atoms with Crippen LogP contribution < -0.4 is 4.74 Å². The van der Waals surface area contributed by atoms with Gasteiger partial charge in [0, 0.05) is 5.92 Å². The van der Waals surface area contributed by atoms with Gasteiger partial charge in [0.05, 0.1) is 0 Å². The van der Waals surface area contributed by atoms with Crippen molar-refractivity contribution in [2.24, 2.45) is 5.92 Å². The first-order chi connectivity index (χ1) is 8.29. The summed E-state index contributed by atoms with van der Waals surface area (Å²) in [6.07, 6.45) is 5.67. The molecule has 2 heteroatoms. The van der Waals surface area contributed by atoms with Crippen molar-refractivity contribution in [2.45, 2.75) is 39.0 Å². The van der Waals surface area contributed by atoms with E-state index in [0.29, 0.717) is 5.92 Å². The summed E-state index contributed by atoms with van der Waals surface area (Å²) in [5.41, 5.74) is 1.34. The van der Waals surface area contributed by atoms with Gasteiger partial charge in [0.1, 0.15) is 12.4 Å². The van der Waals surface area contributed by atoms with E-state index < -0.39 is 0 Å². The first-order valence-electron chi connectivity index (χ1n) is 6.54. The van der Waals surface area contributed by atoms with Gasteiger partial charge in [-0.1, -0.05) is 25.5 Å². The molecule has 0 unspecified atom stereocenters. The van der Waals surface area contributed by atoms with E-state index in [1.165, 1.54) is 18.4 Å². The maximum atomic E-state index is 11.5. The fourth-order valence-corrected chi connectivity index (χ4v) is 1.81. The highest BCUT2D eigenvalue weighted by molar-refractivity contribution is 5.84. The molecule has 0 amide bonds. The Morgan fingerprint density at radius 2 is 2.00 bits per heavy atom. The molecule has 0 saturated heterocycles. The van der Waals surface area contributed by atoms with Crippen molar-refractivity contribution in [3.8, 4) is 5.75 Å². The van der Waals surface area contributed by atoms with Gasteiger partial charge in [-0.05, 0) is 43.4 Å². The van der Waals surface area contributed by atoms with Crippen molar-refractivity contribution < 1.29 is 9.53 Å². The Balaban J connectivity index is 1.78. The maximum Gasteiger partial charge on any atom is 0.173 e. The largest absolute Gasteiger partial charge is 0.486 e. The second kappa shape index (κ2) is 5.85. The van der Waals surface area contributed by atoms with Crippen molar-refractivity contribution in [3.63, 3.8) is 0 Å². The van der Waals surface area contributed by atoms with Crippen LogP contribution in [0.4, 0.5) is 0 Å². The summed E-state index contributed by atoms with van der Waals surface area (Å²) in [4.78, 5) is 11.5. The van der Waals surface area contributed by atoms with Crippen LogP contribution in [0.2, 0.25) is 0 Å². The summed E-state index contributed by atoms with van der Waals surface area (Å²) in [5.74, 6) is 1.35. The van der Waals surface area contributed by atoms with Crippen LogP contribution >= 0.6 is 0 Å². The normalized spacial score (nSPS) is 14.6. The van der Waals surface area contributed by atoms with E-state index >= 15 is 0 Å². The zero-order valence-electron chi connectivity index (χ0n) is 10.4. The Kier molecular flexibility index (Phi) is 4.18. The molecule has 0 aromatic heterocycles. The van der Waals surface area contributed by atoms with Crippen molar-refractivity contribution in [2.75, 3.05) is 6.61 Å². The van der Waals surface area contributed by atoms with Crippen LogP contribution in [0.5, 0.6) is 5.75 Å². The molecule has 1 aliphatic rings. The monoisotopic (exact) mass is 232 g/mol. The molecule has 0 spiro atoms. The van der Waals surface area contributed by atoms with Gasteiger partial charge in [0.2, 0.25) is 0 Å². The molecular formula is C15H20O2.